The molecule has 0 aromatic heterocycles. The highest BCUT2D eigenvalue weighted by atomic mass is 16.5. The average molecular weight is 713 g/mol. The molecule has 0 aliphatic carbocycles. The highest BCUT2D eigenvalue weighted by molar-refractivity contribution is 5.83. The monoisotopic (exact) mass is 713 g/mol. The number of aliphatic carboxylic acids is 1. The maximum atomic E-state index is 12.7. The van der Waals surface area contributed by atoms with Crippen molar-refractivity contribution in [1.82, 2.24) is 5.32 Å². The van der Waals surface area contributed by atoms with Crippen molar-refractivity contribution in [3.05, 3.63) is 60.8 Å². The molecule has 0 aromatic carbocycles. The van der Waals surface area contributed by atoms with Crippen LogP contribution in [0.2, 0.25) is 0 Å². The standard InChI is InChI=1S/C44H76N2O5/c1-3-5-7-9-11-13-14-15-16-17-18-19-20-21-22-24-26-32-38-43(48)51-40(34-29-25-23-12-10-8-6-4-2)35-30-27-28-31-37-42(47)46-41(44(49)50)36-33-39-45/h6,8,12-14,16-17,23,29,34,40-41H,3-5,7,9-11,15,18-22,24-28,30-33,35-39,45H2,1-2H3,(H,46,47)(H,49,50)/b8-6-,14-13-,17-16-,23-12-,34-29-. The van der Waals surface area contributed by atoms with Crippen LogP contribution in [0.3, 0.4) is 0 Å². The van der Waals surface area contributed by atoms with E-state index in [1.54, 1.807) is 0 Å². The first-order valence-electron chi connectivity index (χ1n) is 20.6. The number of nitrogens with one attached hydrogen (secondary N) is 1. The molecule has 0 saturated carbocycles. The third kappa shape index (κ3) is 35.3. The molecular formula is C44H76N2O5. The number of amides is 1. The van der Waals surface area contributed by atoms with Crippen LogP contribution in [0.5, 0.6) is 0 Å². The lowest BCUT2D eigenvalue weighted by atomic mass is 10.1. The summed E-state index contributed by atoms with van der Waals surface area (Å²) in [6, 6.07) is -0.879. The molecule has 1 amide bonds. The zero-order valence-electron chi connectivity index (χ0n) is 32.7. The quantitative estimate of drug-likeness (QED) is 0.0338. The van der Waals surface area contributed by atoms with Gasteiger partial charge in [-0.3, -0.25) is 9.59 Å². The molecule has 0 spiro atoms. The van der Waals surface area contributed by atoms with E-state index in [0.717, 1.165) is 70.6 Å². The summed E-state index contributed by atoms with van der Waals surface area (Å²) < 4.78 is 5.89. The van der Waals surface area contributed by atoms with Crippen LogP contribution in [0.1, 0.15) is 181 Å². The third-order valence-corrected chi connectivity index (χ3v) is 8.80. The van der Waals surface area contributed by atoms with Gasteiger partial charge < -0.3 is 20.9 Å². The van der Waals surface area contributed by atoms with Gasteiger partial charge in [0, 0.05) is 12.8 Å². The number of esters is 1. The molecule has 0 aromatic rings. The van der Waals surface area contributed by atoms with Crippen LogP contribution in [-0.4, -0.2) is 41.6 Å². The fraction of sp³-hybridized carbons (Fsp3) is 0.705. The summed E-state index contributed by atoms with van der Waals surface area (Å²) in [5, 5.41) is 11.9. The molecule has 0 heterocycles. The van der Waals surface area contributed by atoms with Crippen LogP contribution in [-0.2, 0) is 19.1 Å². The lowest BCUT2D eigenvalue weighted by molar-refractivity contribution is -0.147. The summed E-state index contributed by atoms with van der Waals surface area (Å²) in [6.45, 7) is 4.78. The average Bonchev–Trinajstić information content (AvgIpc) is 3.11. The smallest absolute Gasteiger partial charge is 0.326 e. The fourth-order valence-electron chi connectivity index (χ4n) is 5.71. The number of ether oxygens (including phenoxy) is 1. The van der Waals surface area contributed by atoms with Gasteiger partial charge >= 0.3 is 11.9 Å². The van der Waals surface area contributed by atoms with Gasteiger partial charge in [0.1, 0.15) is 12.1 Å². The number of rotatable bonds is 36. The molecule has 0 bridgehead atoms. The van der Waals surface area contributed by atoms with E-state index in [-0.39, 0.29) is 18.0 Å². The second-order valence-corrected chi connectivity index (χ2v) is 13.7. The molecule has 0 aliphatic heterocycles. The van der Waals surface area contributed by atoms with Crippen molar-refractivity contribution in [3.63, 3.8) is 0 Å². The van der Waals surface area contributed by atoms with Crippen LogP contribution in [0.4, 0.5) is 0 Å². The number of nitrogens with two attached hydrogens (primary N) is 1. The Bertz CT molecular complexity index is 984. The molecule has 0 aliphatic rings. The number of carbonyl (C=O) groups is 3. The highest BCUT2D eigenvalue weighted by Crippen LogP contribution is 2.15. The predicted molar refractivity (Wildman–Crippen MR) is 216 cm³/mol. The first-order valence-corrected chi connectivity index (χ1v) is 20.6. The van der Waals surface area contributed by atoms with Crippen LogP contribution >= 0.6 is 0 Å². The van der Waals surface area contributed by atoms with E-state index in [4.69, 9.17) is 10.5 Å². The van der Waals surface area contributed by atoms with Gasteiger partial charge in [-0.25, -0.2) is 4.79 Å². The summed E-state index contributed by atoms with van der Waals surface area (Å²) in [4.78, 5) is 36.3. The Morgan fingerprint density at radius 3 is 1.75 bits per heavy atom. The van der Waals surface area contributed by atoms with Crippen molar-refractivity contribution in [3.8, 4) is 0 Å². The first-order chi connectivity index (χ1) is 24.9. The molecule has 0 rings (SSSR count). The highest BCUT2D eigenvalue weighted by Gasteiger charge is 2.19. The topological polar surface area (TPSA) is 119 Å². The minimum atomic E-state index is -1.02. The van der Waals surface area contributed by atoms with Gasteiger partial charge in [0.05, 0.1) is 0 Å². The molecule has 2 atom stereocenters. The molecule has 7 heteroatoms. The largest absolute Gasteiger partial charge is 0.480 e. The zero-order chi connectivity index (χ0) is 37.5. The molecule has 2 unspecified atom stereocenters. The van der Waals surface area contributed by atoms with E-state index in [2.05, 4.69) is 73.8 Å². The van der Waals surface area contributed by atoms with Gasteiger partial charge in [0.25, 0.3) is 0 Å². The van der Waals surface area contributed by atoms with Gasteiger partial charge in [0.15, 0.2) is 0 Å². The van der Waals surface area contributed by atoms with Crippen LogP contribution in [0, 0.1) is 0 Å². The molecular weight excluding hydrogens is 636 g/mol. The maximum Gasteiger partial charge on any atom is 0.326 e. The van der Waals surface area contributed by atoms with Crippen molar-refractivity contribution in [2.45, 2.75) is 193 Å². The van der Waals surface area contributed by atoms with E-state index < -0.39 is 12.0 Å². The summed E-state index contributed by atoms with van der Waals surface area (Å²) in [6.07, 6.45) is 47.1. The third-order valence-electron chi connectivity index (χ3n) is 8.80. The summed E-state index contributed by atoms with van der Waals surface area (Å²) in [5.74, 6) is -1.38. The number of hydrogen-bond acceptors (Lipinski definition) is 5. The molecule has 51 heavy (non-hydrogen) atoms. The Balaban J connectivity index is 4.30. The lowest BCUT2D eigenvalue weighted by Gasteiger charge is -2.15. The van der Waals surface area contributed by atoms with Gasteiger partial charge in [-0.1, -0.05) is 133 Å². The molecule has 7 nitrogen and oxygen atoms in total. The van der Waals surface area contributed by atoms with E-state index in [1.807, 2.05) is 6.08 Å². The normalized spacial score (nSPS) is 13.3. The maximum absolute atomic E-state index is 12.7. The number of unbranched alkanes of at least 4 members (excludes halogenated alkanes) is 14. The van der Waals surface area contributed by atoms with Crippen molar-refractivity contribution in [1.29, 1.82) is 0 Å². The van der Waals surface area contributed by atoms with E-state index >= 15 is 0 Å². The Morgan fingerprint density at radius 2 is 1.14 bits per heavy atom. The Hall–Kier alpha value is -2.93. The Kier molecular flexibility index (Phi) is 36.1. The van der Waals surface area contributed by atoms with Gasteiger partial charge in [-0.2, -0.15) is 0 Å². The van der Waals surface area contributed by atoms with Crippen molar-refractivity contribution in [2.24, 2.45) is 5.73 Å². The van der Waals surface area contributed by atoms with Crippen LogP contribution < -0.4 is 11.1 Å². The predicted octanol–water partition coefficient (Wildman–Crippen LogP) is 11.4. The number of carboxylic acids is 1. The fourth-order valence-corrected chi connectivity index (χ4v) is 5.71. The van der Waals surface area contributed by atoms with Crippen LogP contribution in [0.25, 0.3) is 0 Å². The SMILES string of the molecule is CC/C=C\C/C=C\C/C=C\C(CCCCCCC(=O)NC(CCCN)C(=O)O)OC(=O)CCCCCCCCC/C=C\C/C=C\CCCCCC. The number of allylic oxidation sites excluding steroid dienone is 9. The number of carbonyl (C=O) groups excluding carboxylic acids is 2. The Morgan fingerprint density at radius 1 is 0.608 bits per heavy atom. The van der Waals surface area contributed by atoms with Gasteiger partial charge in [-0.15, -0.1) is 0 Å². The van der Waals surface area contributed by atoms with Gasteiger partial charge in [-0.05, 0) is 103 Å². The molecule has 4 N–H and O–H groups in total. The van der Waals surface area contributed by atoms with Crippen molar-refractivity contribution >= 4 is 17.8 Å². The molecule has 0 radical (unpaired) electrons. The number of carboxylic acid groups (broad SMARTS) is 1. The molecule has 0 saturated heterocycles. The molecule has 0 fully saturated rings. The summed E-state index contributed by atoms with van der Waals surface area (Å²) in [5.41, 5.74) is 5.47. The van der Waals surface area contributed by atoms with Gasteiger partial charge in [0.2, 0.25) is 5.91 Å². The van der Waals surface area contributed by atoms with Crippen molar-refractivity contribution < 1.29 is 24.2 Å². The Labute approximate surface area is 312 Å². The van der Waals surface area contributed by atoms with E-state index in [1.165, 1.54) is 64.2 Å². The minimum absolute atomic E-state index is 0.123. The second-order valence-electron chi connectivity index (χ2n) is 13.7. The zero-order valence-corrected chi connectivity index (χ0v) is 32.7. The van der Waals surface area contributed by atoms with Crippen molar-refractivity contribution in [2.75, 3.05) is 6.54 Å². The van der Waals surface area contributed by atoms with Crippen LogP contribution in [0.15, 0.2) is 60.8 Å². The first kappa shape index (κ1) is 48.1. The second kappa shape index (κ2) is 38.3. The van der Waals surface area contributed by atoms with E-state index in [9.17, 15) is 19.5 Å². The molecule has 292 valence electrons. The minimum Gasteiger partial charge on any atom is -0.480 e. The number of hydrogen-bond donors (Lipinski definition) is 3. The summed E-state index contributed by atoms with van der Waals surface area (Å²) in [7, 11) is 0. The summed E-state index contributed by atoms with van der Waals surface area (Å²) >= 11 is 0. The van der Waals surface area contributed by atoms with E-state index in [0.29, 0.717) is 38.6 Å². The lowest BCUT2D eigenvalue weighted by Crippen LogP contribution is -2.40.